The minimum Gasteiger partial charge on any atom is -0.447 e. The molecule has 0 aliphatic carbocycles. The van der Waals surface area contributed by atoms with Crippen molar-refractivity contribution in [2.75, 3.05) is 20.6 Å². The molecule has 7 nitrogen and oxygen atoms in total. The van der Waals surface area contributed by atoms with Crippen molar-refractivity contribution in [1.29, 1.82) is 0 Å². The number of likely N-dealkylation sites (N-methyl/N-ethyl adjacent to an activating group) is 1. The van der Waals surface area contributed by atoms with Crippen LogP contribution in [0, 0.1) is 6.92 Å². The van der Waals surface area contributed by atoms with E-state index in [0.717, 1.165) is 5.56 Å². The Morgan fingerprint density at radius 2 is 1.64 bits per heavy atom. The van der Waals surface area contributed by atoms with Gasteiger partial charge >= 0.3 is 5.97 Å². The van der Waals surface area contributed by atoms with E-state index in [4.69, 9.17) is 4.74 Å². The zero-order valence-electron chi connectivity index (χ0n) is 16.1. The van der Waals surface area contributed by atoms with E-state index in [2.05, 4.69) is 4.72 Å². The Bertz CT molecular complexity index is 909. The number of benzene rings is 2. The average molecular weight is 404 g/mol. The first kappa shape index (κ1) is 21.6. The van der Waals surface area contributed by atoms with Crippen molar-refractivity contribution in [2.24, 2.45) is 0 Å². The van der Waals surface area contributed by atoms with Crippen LogP contribution in [0.4, 0.5) is 0 Å². The number of ether oxygens (including phenoxy) is 1. The number of nitrogens with zero attached hydrogens (tertiary/aromatic N) is 1. The molecule has 2 rings (SSSR count). The Morgan fingerprint density at radius 3 is 2.21 bits per heavy atom. The Labute approximate surface area is 165 Å². The zero-order chi connectivity index (χ0) is 20.7. The molecule has 0 aromatic heterocycles. The molecule has 0 fully saturated rings. The first-order chi connectivity index (χ1) is 13.2. The van der Waals surface area contributed by atoms with Gasteiger partial charge in [-0.1, -0.05) is 48.0 Å². The molecular weight excluding hydrogens is 380 g/mol. The number of amides is 1. The van der Waals surface area contributed by atoms with Crippen LogP contribution in [0.3, 0.4) is 0 Å². The standard InChI is InChI=1S/C20H24N2O5S/c1-15-9-11-17(12-10-15)28(25,26)21-14-13-18(23)27-19(20(24)22(2)3)16-7-5-4-6-8-16/h4-12,19,21H,13-14H2,1-3H3/t19-/m0/s1. The molecule has 0 heterocycles. The second-order valence-corrected chi connectivity index (χ2v) is 8.24. The van der Waals surface area contributed by atoms with Crippen molar-refractivity contribution in [3.8, 4) is 0 Å². The molecule has 2 aromatic rings. The van der Waals surface area contributed by atoms with Gasteiger partial charge in [-0.15, -0.1) is 0 Å². The lowest BCUT2D eigenvalue weighted by molar-refractivity contribution is -0.159. The summed E-state index contributed by atoms with van der Waals surface area (Å²) in [6.07, 6.45) is -1.27. The van der Waals surface area contributed by atoms with Crippen LogP contribution in [0.2, 0.25) is 0 Å². The van der Waals surface area contributed by atoms with Gasteiger partial charge in [0, 0.05) is 26.2 Å². The van der Waals surface area contributed by atoms with Gasteiger partial charge in [-0.3, -0.25) is 9.59 Å². The average Bonchev–Trinajstić information content (AvgIpc) is 2.66. The SMILES string of the molecule is Cc1ccc(S(=O)(=O)NCCC(=O)O[C@H](C(=O)N(C)C)c2ccccc2)cc1. The van der Waals surface area contributed by atoms with Gasteiger partial charge in [0.1, 0.15) is 0 Å². The molecule has 0 saturated carbocycles. The van der Waals surface area contributed by atoms with Gasteiger partial charge < -0.3 is 9.64 Å². The van der Waals surface area contributed by atoms with E-state index in [1.54, 1.807) is 56.6 Å². The molecule has 0 aliphatic rings. The monoisotopic (exact) mass is 404 g/mol. The number of hydrogen-bond donors (Lipinski definition) is 1. The zero-order valence-corrected chi connectivity index (χ0v) is 16.9. The maximum atomic E-state index is 12.4. The Morgan fingerprint density at radius 1 is 1.04 bits per heavy atom. The Balaban J connectivity index is 1.97. The van der Waals surface area contributed by atoms with E-state index in [0.29, 0.717) is 5.56 Å². The molecule has 28 heavy (non-hydrogen) atoms. The van der Waals surface area contributed by atoms with Crippen LogP contribution in [0.1, 0.15) is 23.7 Å². The van der Waals surface area contributed by atoms with Gasteiger partial charge in [-0.05, 0) is 19.1 Å². The molecule has 1 N–H and O–H groups in total. The predicted molar refractivity (Wildman–Crippen MR) is 105 cm³/mol. The van der Waals surface area contributed by atoms with E-state index in [1.165, 1.54) is 17.0 Å². The molecule has 0 radical (unpaired) electrons. The van der Waals surface area contributed by atoms with Gasteiger partial charge in [-0.2, -0.15) is 0 Å². The van der Waals surface area contributed by atoms with Crippen molar-refractivity contribution in [3.05, 3.63) is 65.7 Å². The van der Waals surface area contributed by atoms with E-state index in [9.17, 15) is 18.0 Å². The molecule has 8 heteroatoms. The molecular formula is C20H24N2O5S. The summed E-state index contributed by atoms with van der Waals surface area (Å²) >= 11 is 0. The van der Waals surface area contributed by atoms with Crippen LogP contribution in [0.15, 0.2) is 59.5 Å². The highest BCUT2D eigenvalue weighted by Crippen LogP contribution is 2.20. The Hall–Kier alpha value is -2.71. The normalized spacial score (nSPS) is 12.2. The summed E-state index contributed by atoms with van der Waals surface area (Å²) < 4.78 is 32.2. The maximum absolute atomic E-state index is 12.4. The first-order valence-electron chi connectivity index (χ1n) is 8.72. The summed E-state index contributed by atoms with van der Waals surface area (Å²) in [6.45, 7) is 1.73. The lowest BCUT2D eigenvalue weighted by Crippen LogP contribution is -2.32. The first-order valence-corrected chi connectivity index (χ1v) is 10.2. The topological polar surface area (TPSA) is 92.8 Å². The van der Waals surface area contributed by atoms with E-state index < -0.39 is 22.1 Å². The molecule has 0 bridgehead atoms. The van der Waals surface area contributed by atoms with Gasteiger partial charge in [0.05, 0.1) is 11.3 Å². The quantitative estimate of drug-likeness (QED) is 0.680. The van der Waals surface area contributed by atoms with E-state index in [-0.39, 0.29) is 23.8 Å². The second-order valence-electron chi connectivity index (χ2n) is 6.47. The minimum absolute atomic E-state index is 0.122. The van der Waals surface area contributed by atoms with Crippen LogP contribution in [-0.4, -0.2) is 45.8 Å². The summed E-state index contributed by atoms with van der Waals surface area (Å²) in [7, 11) is -0.574. The van der Waals surface area contributed by atoms with Crippen LogP contribution in [-0.2, 0) is 24.3 Å². The number of carbonyl (C=O) groups is 2. The highest BCUT2D eigenvalue weighted by atomic mass is 32.2. The summed E-state index contributed by atoms with van der Waals surface area (Å²) in [4.78, 5) is 26.0. The summed E-state index contributed by atoms with van der Waals surface area (Å²) in [5.41, 5.74) is 1.50. The van der Waals surface area contributed by atoms with Crippen molar-refractivity contribution in [3.63, 3.8) is 0 Å². The molecule has 0 unspecified atom stereocenters. The number of carbonyl (C=O) groups excluding carboxylic acids is 2. The van der Waals surface area contributed by atoms with E-state index in [1.807, 2.05) is 6.92 Å². The molecule has 1 atom stereocenters. The van der Waals surface area contributed by atoms with Gasteiger partial charge in [0.2, 0.25) is 16.1 Å². The number of nitrogens with one attached hydrogen (secondary N) is 1. The van der Waals surface area contributed by atoms with Gasteiger partial charge in [0.25, 0.3) is 5.91 Å². The number of aryl methyl sites for hydroxylation is 1. The van der Waals surface area contributed by atoms with Crippen molar-refractivity contribution >= 4 is 21.9 Å². The number of sulfonamides is 1. The van der Waals surface area contributed by atoms with Crippen molar-refractivity contribution < 1.29 is 22.7 Å². The third kappa shape index (κ3) is 5.90. The molecule has 0 aliphatic heterocycles. The third-order valence-electron chi connectivity index (χ3n) is 3.97. The van der Waals surface area contributed by atoms with Crippen molar-refractivity contribution in [1.82, 2.24) is 9.62 Å². The lowest BCUT2D eigenvalue weighted by Gasteiger charge is -2.21. The molecule has 1 amide bonds. The molecule has 0 saturated heterocycles. The summed E-state index contributed by atoms with van der Waals surface area (Å²) in [5.74, 6) is -1.05. The number of esters is 1. The second kappa shape index (κ2) is 9.48. The highest BCUT2D eigenvalue weighted by molar-refractivity contribution is 7.89. The molecule has 150 valence electrons. The predicted octanol–water partition coefficient (Wildman–Crippen LogP) is 2.04. The fourth-order valence-electron chi connectivity index (χ4n) is 2.40. The number of rotatable bonds is 8. The molecule has 2 aromatic carbocycles. The fraction of sp³-hybridized carbons (Fsp3) is 0.300. The minimum atomic E-state index is -3.72. The Kier molecular flexibility index (Phi) is 7.31. The lowest BCUT2D eigenvalue weighted by atomic mass is 10.1. The van der Waals surface area contributed by atoms with Gasteiger partial charge in [0.15, 0.2) is 0 Å². The van der Waals surface area contributed by atoms with Gasteiger partial charge in [-0.25, -0.2) is 13.1 Å². The number of hydrogen-bond acceptors (Lipinski definition) is 5. The van der Waals surface area contributed by atoms with E-state index >= 15 is 0 Å². The van der Waals surface area contributed by atoms with Crippen LogP contribution in [0.25, 0.3) is 0 Å². The fourth-order valence-corrected chi connectivity index (χ4v) is 3.43. The van der Waals surface area contributed by atoms with Crippen molar-refractivity contribution in [2.45, 2.75) is 24.3 Å². The molecule has 0 spiro atoms. The largest absolute Gasteiger partial charge is 0.447 e. The van der Waals surface area contributed by atoms with Crippen LogP contribution >= 0.6 is 0 Å². The third-order valence-corrected chi connectivity index (χ3v) is 5.45. The summed E-state index contributed by atoms with van der Waals surface area (Å²) in [5, 5.41) is 0. The van der Waals surface area contributed by atoms with Crippen LogP contribution < -0.4 is 4.72 Å². The van der Waals surface area contributed by atoms with Crippen LogP contribution in [0.5, 0.6) is 0 Å². The summed E-state index contributed by atoms with van der Waals surface area (Å²) in [6, 6.07) is 15.1. The highest BCUT2D eigenvalue weighted by Gasteiger charge is 2.26. The maximum Gasteiger partial charge on any atom is 0.308 e. The smallest absolute Gasteiger partial charge is 0.308 e.